The number of carbonyl (C=O) groups is 2. The van der Waals surface area contributed by atoms with Crippen molar-refractivity contribution in [2.75, 3.05) is 5.73 Å². The van der Waals surface area contributed by atoms with Crippen molar-refractivity contribution in [3.63, 3.8) is 0 Å². The fourth-order valence-electron chi connectivity index (χ4n) is 1.54. The number of hydrogen-bond donors (Lipinski definition) is 4. The summed E-state index contributed by atoms with van der Waals surface area (Å²) in [4.78, 5) is 22.7. The van der Waals surface area contributed by atoms with Gasteiger partial charge >= 0.3 is 0 Å². The minimum Gasteiger partial charge on any atom is -0.506 e. The first kappa shape index (κ1) is 13.8. The highest BCUT2D eigenvalue weighted by Gasteiger charge is 2.23. The fourth-order valence-corrected chi connectivity index (χ4v) is 1.54. The van der Waals surface area contributed by atoms with Crippen LogP contribution in [0.1, 0.15) is 30.6 Å². The number of benzene rings is 1. The number of phenols is 1. The van der Waals surface area contributed by atoms with Crippen molar-refractivity contribution in [2.24, 2.45) is 5.73 Å². The third kappa shape index (κ3) is 3.65. The Labute approximate surface area is 105 Å². The maximum atomic E-state index is 11.9. The molecule has 0 heterocycles. The second-order valence-corrected chi connectivity index (χ2v) is 4.75. The molecule has 0 radical (unpaired) electrons. The number of carbonyl (C=O) groups excluding carboxylic acids is 2. The van der Waals surface area contributed by atoms with Gasteiger partial charge in [0.25, 0.3) is 5.91 Å². The summed E-state index contributed by atoms with van der Waals surface area (Å²) >= 11 is 0. The molecular formula is C12H17N3O3. The molecule has 0 atom stereocenters. The van der Waals surface area contributed by atoms with Gasteiger partial charge in [0.15, 0.2) is 0 Å². The van der Waals surface area contributed by atoms with Crippen LogP contribution in [0.15, 0.2) is 18.2 Å². The lowest BCUT2D eigenvalue weighted by Crippen LogP contribution is -2.46. The third-order valence-electron chi connectivity index (χ3n) is 2.36. The van der Waals surface area contributed by atoms with Crippen LogP contribution in [0.5, 0.6) is 5.75 Å². The second-order valence-electron chi connectivity index (χ2n) is 4.75. The van der Waals surface area contributed by atoms with E-state index in [-0.39, 0.29) is 23.4 Å². The molecule has 1 aromatic carbocycles. The first-order chi connectivity index (χ1) is 8.21. The SMILES string of the molecule is CC(C)(CC(N)=O)NC(=O)c1ccc(N)c(O)c1. The van der Waals surface area contributed by atoms with Gasteiger partial charge in [0.05, 0.1) is 5.69 Å². The van der Waals surface area contributed by atoms with Gasteiger partial charge in [-0.2, -0.15) is 0 Å². The van der Waals surface area contributed by atoms with Crippen molar-refractivity contribution in [1.82, 2.24) is 5.32 Å². The maximum absolute atomic E-state index is 11.9. The van der Waals surface area contributed by atoms with Gasteiger partial charge in [0.1, 0.15) is 5.75 Å². The van der Waals surface area contributed by atoms with Gasteiger partial charge in [-0.05, 0) is 32.0 Å². The molecule has 0 fully saturated rings. The number of hydrogen-bond acceptors (Lipinski definition) is 4. The Hall–Kier alpha value is -2.24. The van der Waals surface area contributed by atoms with Gasteiger partial charge in [-0.25, -0.2) is 0 Å². The molecule has 0 aliphatic heterocycles. The van der Waals surface area contributed by atoms with Crippen LogP contribution in [0.25, 0.3) is 0 Å². The van der Waals surface area contributed by atoms with Crippen molar-refractivity contribution in [1.29, 1.82) is 0 Å². The lowest BCUT2D eigenvalue weighted by molar-refractivity contribution is -0.119. The van der Waals surface area contributed by atoms with Crippen LogP contribution in [0.2, 0.25) is 0 Å². The molecule has 6 heteroatoms. The van der Waals surface area contributed by atoms with E-state index in [4.69, 9.17) is 11.5 Å². The summed E-state index contributed by atoms with van der Waals surface area (Å²) in [5, 5.41) is 12.1. The van der Waals surface area contributed by atoms with E-state index in [2.05, 4.69) is 5.32 Å². The largest absolute Gasteiger partial charge is 0.506 e. The summed E-state index contributed by atoms with van der Waals surface area (Å²) in [6, 6.07) is 4.20. The van der Waals surface area contributed by atoms with Crippen molar-refractivity contribution in [2.45, 2.75) is 25.8 Å². The van der Waals surface area contributed by atoms with Gasteiger partial charge in [-0.1, -0.05) is 0 Å². The summed E-state index contributed by atoms with van der Waals surface area (Å²) in [5.41, 5.74) is 10.2. The van der Waals surface area contributed by atoms with Crippen molar-refractivity contribution in [3.05, 3.63) is 23.8 Å². The summed E-state index contributed by atoms with van der Waals surface area (Å²) in [7, 11) is 0. The second kappa shape index (κ2) is 4.95. The molecule has 0 aliphatic rings. The van der Waals surface area contributed by atoms with Crippen LogP contribution >= 0.6 is 0 Å². The summed E-state index contributed by atoms with van der Waals surface area (Å²) in [6.45, 7) is 3.37. The van der Waals surface area contributed by atoms with Gasteiger partial charge in [-0.3, -0.25) is 9.59 Å². The molecule has 1 rings (SSSR count). The van der Waals surface area contributed by atoms with Crippen LogP contribution in [-0.4, -0.2) is 22.5 Å². The average Bonchev–Trinajstić information content (AvgIpc) is 2.19. The van der Waals surface area contributed by atoms with E-state index >= 15 is 0 Å². The van der Waals surface area contributed by atoms with E-state index in [9.17, 15) is 14.7 Å². The Bertz CT molecular complexity index is 483. The lowest BCUT2D eigenvalue weighted by Gasteiger charge is -2.24. The highest BCUT2D eigenvalue weighted by molar-refractivity contribution is 5.96. The van der Waals surface area contributed by atoms with E-state index < -0.39 is 17.4 Å². The maximum Gasteiger partial charge on any atom is 0.251 e. The van der Waals surface area contributed by atoms with Crippen LogP contribution in [-0.2, 0) is 4.79 Å². The Morgan fingerprint density at radius 3 is 2.50 bits per heavy atom. The highest BCUT2D eigenvalue weighted by Crippen LogP contribution is 2.21. The number of rotatable bonds is 4. The highest BCUT2D eigenvalue weighted by atomic mass is 16.3. The van der Waals surface area contributed by atoms with E-state index in [0.717, 1.165) is 0 Å². The van der Waals surface area contributed by atoms with Gasteiger partial charge in [-0.15, -0.1) is 0 Å². The molecule has 2 amide bonds. The van der Waals surface area contributed by atoms with Crippen LogP contribution in [0, 0.1) is 0 Å². The lowest BCUT2D eigenvalue weighted by atomic mass is 9.99. The van der Waals surface area contributed by atoms with Crippen LogP contribution in [0.4, 0.5) is 5.69 Å². The van der Waals surface area contributed by atoms with E-state index in [1.165, 1.54) is 18.2 Å². The van der Waals surface area contributed by atoms with Crippen molar-refractivity contribution >= 4 is 17.5 Å². The number of phenolic OH excluding ortho intramolecular Hbond substituents is 1. The normalized spacial score (nSPS) is 11.0. The zero-order valence-electron chi connectivity index (χ0n) is 10.4. The topological polar surface area (TPSA) is 118 Å². The first-order valence-electron chi connectivity index (χ1n) is 5.40. The molecule has 0 unspecified atom stereocenters. The standard InChI is InChI=1S/C12H17N3O3/c1-12(2,6-10(14)17)15-11(18)7-3-4-8(13)9(16)5-7/h3-5,16H,6,13H2,1-2H3,(H2,14,17)(H,15,18). The summed E-state index contributed by atoms with van der Waals surface area (Å²) < 4.78 is 0. The van der Waals surface area contributed by atoms with Crippen molar-refractivity contribution in [3.8, 4) is 5.75 Å². The van der Waals surface area contributed by atoms with Gasteiger partial charge in [0, 0.05) is 17.5 Å². The van der Waals surface area contributed by atoms with E-state index in [1.54, 1.807) is 13.8 Å². The van der Waals surface area contributed by atoms with Crippen LogP contribution in [0.3, 0.4) is 0 Å². The summed E-state index contributed by atoms with van der Waals surface area (Å²) in [5.74, 6) is -1.06. The average molecular weight is 251 g/mol. The Balaban J connectivity index is 2.82. The molecule has 18 heavy (non-hydrogen) atoms. The quantitative estimate of drug-likeness (QED) is 0.456. The number of primary amides is 1. The number of amides is 2. The van der Waals surface area contributed by atoms with Crippen molar-refractivity contribution < 1.29 is 14.7 Å². The number of nitrogen functional groups attached to an aromatic ring is 1. The number of anilines is 1. The van der Waals surface area contributed by atoms with E-state index in [1.807, 2.05) is 0 Å². The minimum atomic E-state index is -0.750. The minimum absolute atomic E-state index is 0.0275. The monoisotopic (exact) mass is 251 g/mol. The Morgan fingerprint density at radius 2 is 2.00 bits per heavy atom. The molecule has 98 valence electrons. The molecule has 0 aliphatic carbocycles. The predicted molar refractivity (Wildman–Crippen MR) is 67.9 cm³/mol. The number of nitrogens with one attached hydrogen (secondary N) is 1. The third-order valence-corrected chi connectivity index (χ3v) is 2.36. The zero-order chi connectivity index (χ0) is 13.9. The molecular weight excluding hydrogens is 234 g/mol. The van der Waals surface area contributed by atoms with Crippen LogP contribution < -0.4 is 16.8 Å². The smallest absolute Gasteiger partial charge is 0.251 e. The van der Waals surface area contributed by atoms with Gasteiger partial charge in [0.2, 0.25) is 5.91 Å². The predicted octanol–water partition coefficient (Wildman–Crippen LogP) is 0.358. The molecule has 0 saturated carbocycles. The Morgan fingerprint density at radius 1 is 1.39 bits per heavy atom. The molecule has 6 nitrogen and oxygen atoms in total. The molecule has 0 spiro atoms. The molecule has 0 bridgehead atoms. The van der Waals surface area contributed by atoms with Gasteiger partial charge < -0.3 is 21.9 Å². The summed E-state index contributed by atoms with van der Waals surface area (Å²) in [6.07, 6.45) is 0.0275. The fraction of sp³-hybridized carbons (Fsp3) is 0.333. The number of nitrogens with two attached hydrogens (primary N) is 2. The molecule has 1 aromatic rings. The molecule has 0 saturated heterocycles. The molecule has 6 N–H and O–H groups in total. The Kier molecular flexibility index (Phi) is 3.80. The zero-order valence-corrected chi connectivity index (χ0v) is 10.4. The number of aromatic hydroxyl groups is 1. The first-order valence-corrected chi connectivity index (χ1v) is 5.40. The van der Waals surface area contributed by atoms with E-state index in [0.29, 0.717) is 0 Å². The molecule has 0 aromatic heterocycles.